The standard InChI is InChI=1S/C27H30N4O4S2.ClH/c1-4-30(5-2)18-19-31(27-28-24-12-8-9-13-25(24)36-27)26(32)22-10-6-7-11-23(22)29-37(33,34)21-16-14-20(35-3)15-17-21;/h6-17,29H,4-5,18-19H2,1-3H3;1H. The van der Waals surface area contributed by atoms with Crippen LogP contribution in [0.2, 0.25) is 0 Å². The number of benzene rings is 3. The number of nitrogens with one attached hydrogen (secondary N) is 1. The second-order valence-corrected chi connectivity index (χ2v) is 11.0. The lowest BCUT2D eigenvalue weighted by Gasteiger charge is -2.25. The number of para-hydroxylation sites is 2. The van der Waals surface area contributed by atoms with Crippen LogP contribution in [0, 0.1) is 0 Å². The molecule has 0 bridgehead atoms. The number of halogens is 1. The summed E-state index contributed by atoms with van der Waals surface area (Å²) in [5, 5.41) is 0.575. The molecule has 0 aliphatic carbocycles. The Hall–Kier alpha value is -3.18. The van der Waals surface area contributed by atoms with E-state index < -0.39 is 10.0 Å². The largest absolute Gasteiger partial charge is 0.497 e. The number of ether oxygens (including phenoxy) is 1. The fraction of sp³-hybridized carbons (Fsp3) is 0.259. The number of methoxy groups -OCH3 is 1. The molecule has 0 aliphatic heterocycles. The van der Waals surface area contributed by atoms with Crippen molar-refractivity contribution in [3.8, 4) is 5.75 Å². The minimum atomic E-state index is -3.94. The second-order valence-electron chi connectivity index (χ2n) is 8.27. The molecule has 0 radical (unpaired) electrons. The van der Waals surface area contributed by atoms with Crippen LogP contribution in [0.3, 0.4) is 0 Å². The maximum Gasteiger partial charge on any atom is 0.262 e. The molecule has 1 amide bonds. The molecule has 4 rings (SSSR count). The molecule has 202 valence electrons. The van der Waals surface area contributed by atoms with Crippen LogP contribution >= 0.6 is 23.7 Å². The number of fused-ring (bicyclic) bond motifs is 1. The predicted octanol–water partition coefficient (Wildman–Crippen LogP) is 5.52. The van der Waals surface area contributed by atoms with Crippen LogP contribution in [0.4, 0.5) is 10.8 Å². The zero-order valence-corrected chi connectivity index (χ0v) is 23.9. The lowest BCUT2D eigenvalue weighted by Crippen LogP contribution is -2.39. The average Bonchev–Trinajstić information content (AvgIpc) is 3.35. The number of carbonyl (C=O) groups is 1. The van der Waals surface area contributed by atoms with E-state index in [0.29, 0.717) is 24.0 Å². The Morgan fingerprint density at radius 1 is 0.947 bits per heavy atom. The Balaban J connectivity index is 0.00000400. The molecular weight excluding hydrogens is 544 g/mol. The van der Waals surface area contributed by atoms with Crippen molar-refractivity contribution < 1.29 is 17.9 Å². The van der Waals surface area contributed by atoms with Crippen molar-refractivity contribution in [3.63, 3.8) is 0 Å². The predicted molar refractivity (Wildman–Crippen MR) is 157 cm³/mol. The first-order valence-electron chi connectivity index (χ1n) is 12.0. The number of anilines is 2. The molecule has 0 aliphatic rings. The van der Waals surface area contributed by atoms with Gasteiger partial charge in [0.25, 0.3) is 15.9 Å². The zero-order valence-electron chi connectivity index (χ0n) is 21.5. The first-order chi connectivity index (χ1) is 17.9. The van der Waals surface area contributed by atoms with E-state index in [4.69, 9.17) is 9.72 Å². The van der Waals surface area contributed by atoms with E-state index in [1.54, 1.807) is 41.3 Å². The summed E-state index contributed by atoms with van der Waals surface area (Å²) in [6, 6.07) is 20.5. The third-order valence-electron chi connectivity index (χ3n) is 6.06. The van der Waals surface area contributed by atoms with Crippen LogP contribution in [0.15, 0.2) is 77.7 Å². The number of amides is 1. The van der Waals surface area contributed by atoms with E-state index in [2.05, 4.69) is 23.5 Å². The number of sulfonamides is 1. The highest BCUT2D eigenvalue weighted by atomic mass is 35.5. The molecule has 11 heteroatoms. The van der Waals surface area contributed by atoms with Gasteiger partial charge in [0.15, 0.2) is 5.13 Å². The van der Waals surface area contributed by atoms with Gasteiger partial charge in [0, 0.05) is 13.1 Å². The van der Waals surface area contributed by atoms with Crippen molar-refractivity contribution in [2.75, 3.05) is 42.9 Å². The van der Waals surface area contributed by atoms with E-state index in [1.165, 1.54) is 30.6 Å². The van der Waals surface area contributed by atoms with Gasteiger partial charge in [-0.15, -0.1) is 12.4 Å². The monoisotopic (exact) mass is 574 g/mol. The number of rotatable bonds is 11. The van der Waals surface area contributed by atoms with Gasteiger partial charge < -0.3 is 9.64 Å². The number of hydrogen-bond donors (Lipinski definition) is 1. The molecule has 0 saturated heterocycles. The van der Waals surface area contributed by atoms with Crippen LogP contribution in [-0.4, -0.2) is 57.5 Å². The van der Waals surface area contributed by atoms with Crippen LogP contribution in [0.25, 0.3) is 10.2 Å². The highest BCUT2D eigenvalue weighted by molar-refractivity contribution is 7.92. The molecule has 1 aromatic heterocycles. The van der Waals surface area contributed by atoms with E-state index in [-0.39, 0.29) is 34.5 Å². The summed E-state index contributed by atoms with van der Waals surface area (Å²) in [5.41, 5.74) is 1.27. The highest BCUT2D eigenvalue weighted by Gasteiger charge is 2.25. The molecule has 3 aromatic carbocycles. The van der Waals surface area contributed by atoms with Crippen LogP contribution in [-0.2, 0) is 10.0 Å². The van der Waals surface area contributed by atoms with Gasteiger partial charge in [-0.3, -0.25) is 14.4 Å². The lowest BCUT2D eigenvalue weighted by molar-refractivity contribution is 0.0984. The van der Waals surface area contributed by atoms with E-state index >= 15 is 0 Å². The van der Waals surface area contributed by atoms with E-state index in [9.17, 15) is 13.2 Å². The summed E-state index contributed by atoms with van der Waals surface area (Å²) in [4.78, 5) is 22.6. The number of thiazole rings is 1. The van der Waals surface area contributed by atoms with Crippen molar-refractivity contribution >= 4 is 60.7 Å². The summed E-state index contributed by atoms with van der Waals surface area (Å²) in [6.07, 6.45) is 0. The summed E-state index contributed by atoms with van der Waals surface area (Å²) in [7, 11) is -2.42. The highest BCUT2D eigenvalue weighted by Crippen LogP contribution is 2.31. The van der Waals surface area contributed by atoms with Crippen molar-refractivity contribution in [3.05, 3.63) is 78.4 Å². The number of nitrogens with zero attached hydrogens (tertiary/aromatic N) is 3. The molecular formula is C27H31ClN4O4S2. The second kappa shape index (κ2) is 13.1. The van der Waals surface area contributed by atoms with Crippen LogP contribution in [0.1, 0.15) is 24.2 Å². The summed E-state index contributed by atoms with van der Waals surface area (Å²) in [6.45, 7) is 6.95. The zero-order chi connectivity index (χ0) is 26.4. The molecule has 0 unspecified atom stereocenters. The van der Waals surface area contributed by atoms with Crippen LogP contribution in [0.5, 0.6) is 5.75 Å². The SMILES string of the molecule is CCN(CC)CCN(C(=O)c1ccccc1NS(=O)(=O)c1ccc(OC)cc1)c1nc2ccccc2s1.Cl. The fourth-order valence-electron chi connectivity index (χ4n) is 3.90. The van der Waals surface area contributed by atoms with Gasteiger partial charge >= 0.3 is 0 Å². The van der Waals surface area contributed by atoms with E-state index in [0.717, 1.165) is 23.3 Å². The fourth-order valence-corrected chi connectivity index (χ4v) is 5.97. The average molecular weight is 575 g/mol. The lowest BCUT2D eigenvalue weighted by atomic mass is 10.1. The van der Waals surface area contributed by atoms with Gasteiger partial charge in [0.05, 0.1) is 33.5 Å². The maximum atomic E-state index is 14.0. The van der Waals surface area contributed by atoms with Gasteiger partial charge in [-0.1, -0.05) is 49.4 Å². The summed E-state index contributed by atoms with van der Waals surface area (Å²) >= 11 is 1.44. The van der Waals surface area contributed by atoms with Crippen molar-refractivity contribution in [1.29, 1.82) is 0 Å². The van der Waals surface area contributed by atoms with Gasteiger partial charge in [-0.05, 0) is 61.6 Å². The molecule has 0 fully saturated rings. The third-order valence-corrected chi connectivity index (χ3v) is 8.51. The van der Waals surface area contributed by atoms with Gasteiger partial charge in [-0.25, -0.2) is 13.4 Å². The van der Waals surface area contributed by atoms with Gasteiger partial charge in [-0.2, -0.15) is 0 Å². The quantitative estimate of drug-likeness (QED) is 0.254. The van der Waals surface area contributed by atoms with E-state index in [1.807, 2.05) is 24.3 Å². The topological polar surface area (TPSA) is 91.8 Å². The van der Waals surface area contributed by atoms with Crippen molar-refractivity contribution in [1.82, 2.24) is 9.88 Å². The Bertz CT molecular complexity index is 1440. The molecule has 4 aromatic rings. The minimum absolute atomic E-state index is 0. The van der Waals surface area contributed by atoms with Gasteiger partial charge in [0.1, 0.15) is 5.75 Å². The molecule has 38 heavy (non-hydrogen) atoms. The Kier molecular flexibility index (Phi) is 10.1. The number of aromatic nitrogens is 1. The number of carbonyl (C=O) groups excluding carboxylic acids is 1. The molecule has 0 saturated carbocycles. The third kappa shape index (κ3) is 6.63. The molecule has 0 spiro atoms. The molecule has 8 nitrogen and oxygen atoms in total. The number of hydrogen-bond acceptors (Lipinski definition) is 7. The Morgan fingerprint density at radius 2 is 1.61 bits per heavy atom. The van der Waals surface area contributed by atoms with Gasteiger partial charge in [0.2, 0.25) is 0 Å². The normalized spacial score (nSPS) is 11.3. The smallest absolute Gasteiger partial charge is 0.262 e. The van der Waals surface area contributed by atoms with Crippen molar-refractivity contribution in [2.24, 2.45) is 0 Å². The molecule has 1 N–H and O–H groups in total. The molecule has 1 heterocycles. The minimum Gasteiger partial charge on any atom is -0.497 e. The number of likely N-dealkylation sites (N-methyl/N-ethyl adjacent to an activating group) is 1. The first-order valence-corrected chi connectivity index (χ1v) is 14.3. The summed E-state index contributed by atoms with van der Waals surface area (Å²) < 4.78 is 35.0. The molecule has 0 atom stereocenters. The Labute approximate surface area is 233 Å². The van der Waals surface area contributed by atoms with Crippen LogP contribution < -0.4 is 14.4 Å². The Morgan fingerprint density at radius 3 is 2.26 bits per heavy atom. The first kappa shape index (κ1) is 29.4. The summed E-state index contributed by atoms with van der Waals surface area (Å²) in [5.74, 6) is 0.230. The maximum absolute atomic E-state index is 14.0. The van der Waals surface area contributed by atoms with Crippen molar-refractivity contribution in [2.45, 2.75) is 18.7 Å².